The number of hydrogen-bond donors (Lipinski definition) is 1. The zero-order valence-electron chi connectivity index (χ0n) is 16.0. The number of fused-ring (bicyclic) bond motifs is 2. The highest BCUT2D eigenvalue weighted by Crippen LogP contribution is 2.42. The van der Waals surface area contributed by atoms with Gasteiger partial charge in [-0.05, 0) is 37.1 Å². The second kappa shape index (κ2) is 6.91. The van der Waals surface area contributed by atoms with Crippen LogP contribution in [0.4, 0.5) is 0 Å². The van der Waals surface area contributed by atoms with Crippen molar-refractivity contribution in [2.45, 2.75) is 24.0 Å². The molecule has 30 heavy (non-hydrogen) atoms. The molecule has 2 aromatic carbocycles. The van der Waals surface area contributed by atoms with Crippen LogP contribution in [0.1, 0.15) is 29.2 Å². The lowest BCUT2D eigenvalue weighted by atomic mass is 10.1. The molecule has 1 fully saturated rings. The molecule has 150 valence electrons. The average Bonchev–Trinajstić information content (AvgIpc) is 3.17. The van der Waals surface area contributed by atoms with E-state index in [-0.39, 0.29) is 12.6 Å². The van der Waals surface area contributed by atoms with Crippen LogP contribution < -0.4 is 9.47 Å². The lowest BCUT2D eigenvalue weighted by molar-refractivity contribution is 0.102. The number of carbonyl (C=O) groups excluding carboxylic acids is 1. The largest absolute Gasteiger partial charge is 0.454 e. The summed E-state index contributed by atoms with van der Waals surface area (Å²) in [5.41, 5.74) is 2.73. The third kappa shape index (κ3) is 2.95. The topological polar surface area (TPSA) is 82.0 Å². The first-order chi connectivity index (χ1) is 14.8. The zero-order valence-corrected chi connectivity index (χ0v) is 16.8. The van der Waals surface area contributed by atoms with E-state index in [0.29, 0.717) is 28.9 Å². The summed E-state index contributed by atoms with van der Waals surface area (Å²) in [5.74, 6) is 2.47. The van der Waals surface area contributed by atoms with E-state index in [2.05, 4.69) is 31.9 Å². The van der Waals surface area contributed by atoms with Crippen LogP contribution in [0.2, 0.25) is 0 Å². The minimum Gasteiger partial charge on any atom is -0.454 e. The fourth-order valence-corrected chi connectivity index (χ4v) is 4.66. The Labute approximate surface area is 176 Å². The Morgan fingerprint density at radius 1 is 1.13 bits per heavy atom. The Hall–Kier alpha value is -3.26. The number of hydrogen-bond acceptors (Lipinski definition) is 6. The predicted octanol–water partition coefficient (Wildman–Crippen LogP) is 4.47. The van der Waals surface area contributed by atoms with E-state index >= 15 is 0 Å². The summed E-state index contributed by atoms with van der Waals surface area (Å²) in [6.45, 7) is 0.197. The molecular formula is C22H18N4O3S. The molecule has 8 heteroatoms. The Balaban J connectivity index is 1.27. The van der Waals surface area contributed by atoms with Gasteiger partial charge in [0.1, 0.15) is 0 Å². The molecular weight excluding hydrogens is 400 g/mol. The van der Waals surface area contributed by atoms with E-state index in [1.807, 2.05) is 18.3 Å². The first-order valence-corrected chi connectivity index (χ1v) is 10.8. The van der Waals surface area contributed by atoms with Crippen molar-refractivity contribution in [1.82, 2.24) is 19.7 Å². The molecule has 2 aliphatic rings. The number of thioether (sulfide) groups is 1. The number of benzene rings is 2. The van der Waals surface area contributed by atoms with Crippen LogP contribution in [0.3, 0.4) is 0 Å². The molecule has 0 unspecified atom stereocenters. The molecule has 0 atom stereocenters. The minimum atomic E-state index is 0.0253. The standard InChI is InChI=1S/C22H18N4O3S/c27-18(13-5-8-19-20(9-13)29-12-28-19)11-30-22-25-24-21(26(22)14-6-7-14)16-10-23-17-4-2-1-3-15(16)17/h1-5,8-10,14,23H,6-7,11-12H2. The highest BCUT2D eigenvalue weighted by atomic mass is 32.2. The molecule has 4 aromatic rings. The van der Waals surface area contributed by atoms with Gasteiger partial charge in [-0.2, -0.15) is 0 Å². The quantitative estimate of drug-likeness (QED) is 0.368. The zero-order chi connectivity index (χ0) is 20.1. The van der Waals surface area contributed by atoms with Gasteiger partial charge in [0.15, 0.2) is 28.3 Å². The molecule has 0 amide bonds. The maximum atomic E-state index is 12.7. The van der Waals surface area contributed by atoms with Crippen molar-refractivity contribution in [3.05, 3.63) is 54.2 Å². The monoisotopic (exact) mass is 418 g/mol. The number of ketones is 1. The van der Waals surface area contributed by atoms with Crippen LogP contribution in [0.25, 0.3) is 22.3 Å². The Morgan fingerprint density at radius 2 is 2.00 bits per heavy atom. The Kier molecular flexibility index (Phi) is 4.05. The number of aromatic nitrogens is 4. The number of ether oxygens (including phenoxy) is 2. The second-order valence-electron chi connectivity index (χ2n) is 7.44. The number of aromatic amines is 1. The molecule has 0 radical (unpaired) electrons. The summed E-state index contributed by atoms with van der Waals surface area (Å²) in [6, 6.07) is 13.9. The van der Waals surface area contributed by atoms with E-state index in [9.17, 15) is 4.79 Å². The predicted molar refractivity (Wildman–Crippen MR) is 113 cm³/mol. The van der Waals surface area contributed by atoms with Gasteiger partial charge in [0.2, 0.25) is 6.79 Å². The Morgan fingerprint density at radius 3 is 2.90 bits per heavy atom. The molecule has 1 aliphatic heterocycles. The van der Waals surface area contributed by atoms with E-state index in [1.165, 1.54) is 11.8 Å². The van der Waals surface area contributed by atoms with Gasteiger partial charge in [0, 0.05) is 34.3 Å². The number of nitrogens with zero attached hydrogens (tertiary/aromatic N) is 3. The van der Waals surface area contributed by atoms with Crippen LogP contribution in [-0.4, -0.2) is 38.1 Å². The van der Waals surface area contributed by atoms with E-state index in [4.69, 9.17) is 9.47 Å². The van der Waals surface area contributed by atoms with Gasteiger partial charge in [-0.1, -0.05) is 30.0 Å². The molecule has 7 nitrogen and oxygen atoms in total. The lowest BCUT2D eigenvalue weighted by Crippen LogP contribution is -2.05. The molecule has 2 aromatic heterocycles. The van der Waals surface area contributed by atoms with Gasteiger partial charge in [0.05, 0.1) is 5.75 Å². The average molecular weight is 418 g/mol. The molecule has 3 heterocycles. The van der Waals surface area contributed by atoms with Crippen molar-refractivity contribution in [3.8, 4) is 22.9 Å². The third-order valence-electron chi connectivity index (χ3n) is 5.43. The summed E-state index contributed by atoms with van der Waals surface area (Å²) in [6.07, 6.45) is 4.20. The first-order valence-electron chi connectivity index (χ1n) is 9.85. The van der Waals surface area contributed by atoms with Crippen LogP contribution in [0.5, 0.6) is 11.5 Å². The number of Topliss-reactive ketones (excluding diaryl/α,β-unsaturated/α-hetero) is 1. The maximum absolute atomic E-state index is 12.7. The van der Waals surface area contributed by atoms with Crippen molar-refractivity contribution in [2.24, 2.45) is 0 Å². The van der Waals surface area contributed by atoms with Gasteiger partial charge in [-0.3, -0.25) is 9.36 Å². The fraction of sp³-hybridized carbons (Fsp3) is 0.227. The highest BCUT2D eigenvalue weighted by molar-refractivity contribution is 7.99. The van der Waals surface area contributed by atoms with Crippen molar-refractivity contribution >= 4 is 28.4 Å². The van der Waals surface area contributed by atoms with E-state index < -0.39 is 0 Å². The number of nitrogens with one attached hydrogen (secondary N) is 1. The van der Waals surface area contributed by atoms with E-state index in [0.717, 1.165) is 40.3 Å². The van der Waals surface area contributed by atoms with Crippen molar-refractivity contribution in [2.75, 3.05) is 12.5 Å². The first kappa shape index (κ1) is 17.6. The van der Waals surface area contributed by atoms with Gasteiger partial charge < -0.3 is 14.5 Å². The van der Waals surface area contributed by atoms with Crippen molar-refractivity contribution in [1.29, 1.82) is 0 Å². The minimum absolute atomic E-state index is 0.0253. The number of para-hydroxylation sites is 1. The van der Waals surface area contributed by atoms with Gasteiger partial charge in [-0.25, -0.2) is 0 Å². The molecule has 0 bridgehead atoms. The third-order valence-corrected chi connectivity index (χ3v) is 6.38. The van der Waals surface area contributed by atoms with Crippen LogP contribution in [0, 0.1) is 0 Å². The molecule has 1 aliphatic carbocycles. The highest BCUT2D eigenvalue weighted by Gasteiger charge is 2.31. The molecule has 0 spiro atoms. The number of rotatable bonds is 6. The van der Waals surface area contributed by atoms with Crippen LogP contribution in [0.15, 0.2) is 53.8 Å². The van der Waals surface area contributed by atoms with Crippen molar-refractivity contribution < 1.29 is 14.3 Å². The van der Waals surface area contributed by atoms with Gasteiger partial charge in [-0.15, -0.1) is 10.2 Å². The van der Waals surface area contributed by atoms with Crippen LogP contribution in [-0.2, 0) is 0 Å². The van der Waals surface area contributed by atoms with Gasteiger partial charge >= 0.3 is 0 Å². The summed E-state index contributed by atoms with van der Waals surface area (Å²) in [4.78, 5) is 16.1. The molecule has 1 N–H and O–H groups in total. The smallest absolute Gasteiger partial charge is 0.231 e. The van der Waals surface area contributed by atoms with Crippen LogP contribution >= 0.6 is 11.8 Å². The molecule has 1 saturated carbocycles. The van der Waals surface area contributed by atoms with Crippen molar-refractivity contribution in [3.63, 3.8) is 0 Å². The number of carbonyl (C=O) groups is 1. The van der Waals surface area contributed by atoms with Gasteiger partial charge in [0.25, 0.3) is 0 Å². The summed E-state index contributed by atoms with van der Waals surface area (Å²) >= 11 is 1.43. The summed E-state index contributed by atoms with van der Waals surface area (Å²) in [5, 5.41) is 10.8. The number of H-pyrrole nitrogens is 1. The molecule has 6 rings (SSSR count). The summed E-state index contributed by atoms with van der Waals surface area (Å²) < 4.78 is 12.9. The van der Waals surface area contributed by atoms with E-state index in [1.54, 1.807) is 18.2 Å². The second-order valence-corrected chi connectivity index (χ2v) is 8.38. The molecule has 0 saturated heterocycles. The normalized spacial score (nSPS) is 15.1. The fourth-order valence-electron chi connectivity index (χ4n) is 3.76. The summed E-state index contributed by atoms with van der Waals surface area (Å²) in [7, 11) is 0. The SMILES string of the molecule is O=C(CSc1nnc(-c2c[nH]c3ccccc23)n1C1CC1)c1ccc2c(c1)OCO2. The Bertz CT molecular complexity index is 1270. The maximum Gasteiger partial charge on any atom is 0.231 e. The lowest BCUT2D eigenvalue weighted by Gasteiger charge is -2.08.